The van der Waals surface area contributed by atoms with Gasteiger partial charge in [-0.1, -0.05) is 6.07 Å². The van der Waals surface area contributed by atoms with Crippen LogP contribution in [0.5, 0.6) is 0 Å². The van der Waals surface area contributed by atoms with E-state index in [0.29, 0.717) is 0 Å². The number of hydrogen-bond acceptors (Lipinski definition) is 5. The van der Waals surface area contributed by atoms with Gasteiger partial charge in [0.1, 0.15) is 0 Å². The molecule has 0 aromatic heterocycles. The van der Waals surface area contributed by atoms with Crippen LogP contribution < -0.4 is 5.32 Å². The number of alkyl halides is 3. The van der Waals surface area contributed by atoms with E-state index in [-0.39, 0.29) is 18.9 Å². The average Bonchev–Trinajstić information content (AvgIpc) is 2.44. The first-order valence-electron chi connectivity index (χ1n) is 6.56. The number of nitrogens with one attached hydrogen (secondary N) is 1. The van der Waals surface area contributed by atoms with E-state index in [0.717, 1.165) is 12.1 Å². The second kappa shape index (κ2) is 7.67. The number of carbonyl (C=O) groups is 2. The van der Waals surface area contributed by atoms with Gasteiger partial charge in [0.15, 0.2) is 0 Å². The topological polar surface area (TPSA) is 64.6 Å². The monoisotopic (exact) mass is 319 g/mol. The van der Waals surface area contributed by atoms with Crippen molar-refractivity contribution in [1.29, 1.82) is 0 Å². The zero-order valence-corrected chi connectivity index (χ0v) is 12.1. The van der Waals surface area contributed by atoms with Crippen LogP contribution in [0.3, 0.4) is 0 Å². The molecule has 0 fully saturated rings. The normalized spacial score (nSPS) is 11.2. The standard InChI is InChI=1S/C14H16F3NO4/c1-3-21-12(19)11(13(20)22-4-2)18-10-7-5-6-9(8-10)14(15,16)17/h5-8,11,18H,3-4H2,1-2H3. The van der Waals surface area contributed by atoms with Gasteiger partial charge in [0.25, 0.3) is 0 Å². The van der Waals surface area contributed by atoms with Crippen molar-refractivity contribution in [1.82, 2.24) is 0 Å². The van der Waals surface area contributed by atoms with Crippen LogP contribution in [0.4, 0.5) is 18.9 Å². The lowest BCUT2D eigenvalue weighted by Crippen LogP contribution is -2.40. The Morgan fingerprint density at radius 2 is 1.68 bits per heavy atom. The Bertz CT molecular complexity index is 513. The SMILES string of the molecule is CCOC(=O)C(Nc1cccc(C(F)(F)F)c1)C(=O)OCC. The maximum atomic E-state index is 12.7. The average molecular weight is 319 g/mol. The Hall–Kier alpha value is -2.25. The summed E-state index contributed by atoms with van der Waals surface area (Å²) < 4.78 is 47.4. The predicted molar refractivity (Wildman–Crippen MR) is 72.1 cm³/mol. The van der Waals surface area contributed by atoms with E-state index in [9.17, 15) is 22.8 Å². The molecule has 1 N–H and O–H groups in total. The molecule has 0 aliphatic heterocycles. The van der Waals surface area contributed by atoms with E-state index in [2.05, 4.69) is 5.32 Å². The number of halogens is 3. The van der Waals surface area contributed by atoms with Crippen LogP contribution in [0.2, 0.25) is 0 Å². The summed E-state index contributed by atoms with van der Waals surface area (Å²) in [6.45, 7) is 3.15. The van der Waals surface area contributed by atoms with Gasteiger partial charge in [0.2, 0.25) is 6.04 Å². The van der Waals surface area contributed by atoms with Crippen LogP contribution in [-0.2, 0) is 25.2 Å². The molecule has 0 radical (unpaired) electrons. The van der Waals surface area contributed by atoms with Crippen molar-refractivity contribution in [3.63, 3.8) is 0 Å². The lowest BCUT2D eigenvalue weighted by Gasteiger charge is -2.17. The molecule has 8 heteroatoms. The highest BCUT2D eigenvalue weighted by Gasteiger charge is 2.32. The highest BCUT2D eigenvalue weighted by molar-refractivity contribution is 6.02. The third-order valence-electron chi connectivity index (χ3n) is 2.55. The first-order valence-corrected chi connectivity index (χ1v) is 6.56. The Morgan fingerprint density at radius 3 is 2.14 bits per heavy atom. The van der Waals surface area contributed by atoms with Crippen LogP contribution in [-0.4, -0.2) is 31.2 Å². The summed E-state index contributed by atoms with van der Waals surface area (Å²) in [7, 11) is 0. The van der Waals surface area contributed by atoms with Crippen LogP contribution in [0, 0.1) is 0 Å². The van der Waals surface area contributed by atoms with Gasteiger partial charge >= 0.3 is 18.1 Å². The largest absolute Gasteiger partial charge is 0.464 e. The minimum Gasteiger partial charge on any atom is -0.464 e. The van der Waals surface area contributed by atoms with Crippen molar-refractivity contribution in [2.24, 2.45) is 0 Å². The summed E-state index contributed by atoms with van der Waals surface area (Å²) in [5.41, 5.74) is -0.940. The zero-order chi connectivity index (χ0) is 16.8. The molecule has 0 saturated heterocycles. The fourth-order valence-corrected chi connectivity index (χ4v) is 1.62. The van der Waals surface area contributed by atoms with Gasteiger partial charge < -0.3 is 14.8 Å². The van der Waals surface area contributed by atoms with E-state index in [4.69, 9.17) is 9.47 Å². The first-order chi connectivity index (χ1) is 10.3. The smallest absolute Gasteiger partial charge is 0.416 e. The second-order valence-corrected chi connectivity index (χ2v) is 4.16. The Kier molecular flexibility index (Phi) is 6.21. The van der Waals surface area contributed by atoms with Gasteiger partial charge in [-0.2, -0.15) is 13.2 Å². The predicted octanol–water partition coefficient (Wildman–Crippen LogP) is 2.61. The van der Waals surface area contributed by atoms with Gasteiger partial charge in [-0.25, -0.2) is 9.59 Å². The summed E-state index contributed by atoms with van der Waals surface area (Å²) >= 11 is 0. The fraction of sp³-hybridized carbons (Fsp3) is 0.429. The minimum atomic E-state index is -4.53. The van der Waals surface area contributed by atoms with Gasteiger partial charge in [-0.15, -0.1) is 0 Å². The molecule has 1 aromatic carbocycles. The number of esters is 2. The number of hydrogen-bond donors (Lipinski definition) is 1. The van der Waals surface area contributed by atoms with Crippen LogP contribution >= 0.6 is 0 Å². The van der Waals surface area contributed by atoms with Crippen molar-refractivity contribution in [3.05, 3.63) is 29.8 Å². The number of anilines is 1. The van der Waals surface area contributed by atoms with Crippen molar-refractivity contribution in [3.8, 4) is 0 Å². The first kappa shape index (κ1) is 17.8. The molecule has 0 bridgehead atoms. The number of benzene rings is 1. The third-order valence-corrected chi connectivity index (χ3v) is 2.55. The summed E-state index contributed by atoms with van der Waals surface area (Å²) in [5, 5.41) is 2.41. The number of carbonyl (C=O) groups excluding carboxylic acids is 2. The van der Waals surface area contributed by atoms with Gasteiger partial charge in [0.05, 0.1) is 18.8 Å². The molecule has 0 aliphatic carbocycles. The molecule has 5 nitrogen and oxygen atoms in total. The van der Waals surface area contributed by atoms with Gasteiger partial charge in [-0.3, -0.25) is 0 Å². The minimum absolute atomic E-state index is 0.0268. The maximum Gasteiger partial charge on any atom is 0.416 e. The zero-order valence-electron chi connectivity index (χ0n) is 12.1. The van der Waals surface area contributed by atoms with Crippen molar-refractivity contribution < 1.29 is 32.2 Å². The molecule has 1 rings (SSSR count). The number of ether oxygens (including phenoxy) is 2. The van der Waals surface area contributed by atoms with Crippen LogP contribution in [0.15, 0.2) is 24.3 Å². The molecule has 0 spiro atoms. The van der Waals surface area contributed by atoms with Gasteiger partial charge in [-0.05, 0) is 32.0 Å². The van der Waals surface area contributed by atoms with Crippen LogP contribution in [0.1, 0.15) is 19.4 Å². The van der Waals surface area contributed by atoms with Crippen molar-refractivity contribution >= 4 is 17.6 Å². The molecule has 0 atom stereocenters. The van der Waals surface area contributed by atoms with E-state index < -0.39 is 29.7 Å². The maximum absolute atomic E-state index is 12.7. The molecule has 0 heterocycles. The van der Waals surface area contributed by atoms with E-state index >= 15 is 0 Å². The molecule has 1 aromatic rings. The second-order valence-electron chi connectivity index (χ2n) is 4.16. The van der Waals surface area contributed by atoms with Gasteiger partial charge in [0, 0.05) is 5.69 Å². The Balaban J connectivity index is 2.98. The van der Waals surface area contributed by atoms with E-state index in [1.54, 1.807) is 13.8 Å². The molecule has 22 heavy (non-hydrogen) atoms. The molecular weight excluding hydrogens is 303 g/mol. The number of rotatable bonds is 6. The summed E-state index contributed by atoms with van der Waals surface area (Å²) in [4.78, 5) is 23.5. The molecule has 0 aliphatic rings. The highest BCUT2D eigenvalue weighted by atomic mass is 19.4. The molecule has 0 saturated carbocycles. The Labute approximate surface area is 125 Å². The third kappa shape index (κ3) is 4.94. The highest BCUT2D eigenvalue weighted by Crippen LogP contribution is 2.30. The van der Waals surface area contributed by atoms with Crippen LogP contribution in [0.25, 0.3) is 0 Å². The lowest BCUT2D eigenvalue weighted by atomic mass is 10.1. The summed E-state index contributed by atoms with van der Waals surface area (Å²) in [6, 6.07) is 2.63. The molecule has 0 unspecified atom stereocenters. The summed E-state index contributed by atoms with van der Waals surface area (Å²) in [5.74, 6) is -1.84. The molecular formula is C14H16F3NO4. The fourth-order valence-electron chi connectivity index (χ4n) is 1.62. The molecule has 0 amide bonds. The van der Waals surface area contributed by atoms with Crippen molar-refractivity contribution in [2.75, 3.05) is 18.5 Å². The Morgan fingerprint density at radius 1 is 1.14 bits per heavy atom. The summed E-state index contributed by atoms with van der Waals surface area (Å²) in [6.07, 6.45) is -4.53. The van der Waals surface area contributed by atoms with E-state index in [1.165, 1.54) is 12.1 Å². The quantitative estimate of drug-likeness (QED) is 0.645. The van der Waals surface area contributed by atoms with Crippen molar-refractivity contribution in [2.45, 2.75) is 26.1 Å². The molecule has 122 valence electrons. The lowest BCUT2D eigenvalue weighted by molar-refractivity contribution is -0.155. The van der Waals surface area contributed by atoms with E-state index in [1.807, 2.05) is 0 Å².